The molecule has 19 heavy (non-hydrogen) atoms. The zero-order chi connectivity index (χ0) is 14.5. The van der Waals surface area contributed by atoms with Gasteiger partial charge in [0, 0.05) is 0 Å². The second-order valence-corrected chi connectivity index (χ2v) is 3.70. The van der Waals surface area contributed by atoms with Crippen molar-refractivity contribution in [2.45, 2.75) is 13.1 Å². The molecule has 96 valence electrons. The fourth-order valence-electron chi connectivity index (χ4n) is 1.44. The summed E-state index contributed by atoms with van der Waals surface area (Å²) in [5.74, 6) is 0. The highest BCUT2D eigenvalue weighted by molar-refractivity contribution is 5.68. The monoisotopic (exact) mass is 262 g/mol. The van der Waals surface area contributed by atoms with Gasteiger partial charge in [-0.3, -0.25) is 0 Å². The predicted molar refractivity (Wildman–Crippen MR) is 64.4 cm³/mol. The first kappa shape index (κ1) is 14.5. The van der Waals surface area contributed by atoms with E-state index < -0.39 is 17.3 Å². The molecule has 0 saturated carbocycles. The average Bonchev–Trinajstić information content (AvgIpc) is 2.38. The summed E-state index contributed by atoms with van der Waals surface area (Å²) in [5.41, 5.74) is -1.24. The Bertz CT molecular complexity index is 580. The second kappa shape index (κ2) is 5.88. The molecule has 0 bridgehead atoms. The first-order valence-corrected chi connectivity index (χ1v) is 5.25. The molecule has 5 heteroatoms. The molecule has 0 aliphatic carbocycles. The van der Waals surface area contributed by atoms with Crippen LogP contribution in [0.4, 0.5) is 13.2 Å². The van der Waals surface area contributed by atoms with Crippen LogP contribution in [-0.2, 0) is 0 Å². The molecule has 0 amide bonds. The molecule has 1 rings (SSSR count). The summed E-state index contributed by atoms with van der Waals surface area (Å²) in [7, 11) is 0. The van der Waals surface area contributed by atoms with E-state index in [1.165, 1.54) is 19.1 Å². The number of halogens is 3. The van der Waals surface area contributed by atoms with Gasteiger partial charge in [0.25, 0.3) is 0 Å². The first-order chi connectivity index (χ1) is 8.90. The number of rotatable bonds is 2. The molecule has 0 aliphatic rings. The zero-order valence-corrected chi connectivity index (χ0v) is 9.99. The minimum atomic E-state index is -4.74. The summed E-state index contributed by atoms with van der Waals surface area (Å²) in [6.45, 7) is 1.49. The van der Waals surface area contributed by atoms with Crippen molar-refractivity contribution in [3.63, 3.8) is 0 Å². The smallest absolute Gasteiger partial charge is 0.192 e. The molecule has 1 aromatic rings. The lowest BCUT2D eigenvalue weighted by molar-refractivity contribution is -0.0884. The van der Waals surface area contributed by atoms with Gasteiger partial charge in [-0.25, -0.2) is 0 Å². The van der Waals surface area contributed by atoms with Gasteiger partial charge in [-0.15, -0.1) is 0 Å². The minimum Gasteiger partial charge on any atom is -0.192 e. The molecule has 0 unspecified atom stereocenters. The van der Waals surface area contributed by atoms with E-state index in [1.54, 1.807) is 30.3 Å². The van der Waals surface area contributed by atoms with Crippen LogP contribution in [0.25, 0.3) is 5.57 Å². The normalized spacial score (nSPS) is 11.4. The van der Waals surface area contributed by atoms with Gasteiger partial charge in [0.2, 0.25) is 0 Å². The quantitative estimate of drug-likeness (QED) is 0.597. The lowest BCUT2D eigenvalue weighted by Crippen LogP contribution is -2.12. The molecule has 0 N–H and O–H groups in total. The fourth-order valence-corrected chi connectivity index (χ4v) is 1.44. The highest BCUT2D eigenvalue weighted by atomic mass is 19.4. The van der Waals surface area contributed by atoms with E-state index in [1.807, 2.05) is 0 Å². The molecule has 2 nitrogen and oxygen atoms in total. The zero-order valence-electron chi connectivity index (χ0n) is 9.99. The molecule has 0 atom stereocenters. The maximum Gasteiger partial charge on any atom is 0.418 e. The number of alkyl halides is 3. The van der Waals surface area contributed by atoms with Gasteiger partial charge < -0.3 is 0 Å². The van der Waals surface area contributed by atoms with E-state index in [0.29, 0.717) is 11.1 Å². The Kier molecular flexibility index (Phi) is 4.50. The van der Waals surface area contributed by atoms with E-state index in [0.717, 1.165) is 6.08 Å². The van der Waals surface area contributed by atoms with E-state index in [9.17, 15) is 13.2 Å². The molecule has 0 saturated heterocycles. The third-order valence-electron chi connectivity index (χ3n) is 2.39. The van der Waals surface area contributed by atoms with Crippen LogP contribution < -0.4 is 0 Å². The van der Waals surface area contributed by atoms with Crippen molar-refractivity contribution in [1.29, 1.82) is 10.5 Å². The average molecular weight is 262 g/mol. The van der Waals surface area contributed by atoms with E-state index in [2.05, 4.69) is 0 Å². The van der Waals surface area contributed by atoms with Crippen LogP contribution >= 0.6 is 0 Å². The number of nitriles is 2. The van der Waals surface area contributed by atoms with Gasteiger partial charge in [-0.05, 0) is 24.1 Å². The lowest BCUT2D eigenvalue weighted by Gasteiger charge is -2.09. The second-order valence-electron chi connectivity index (χ2n) is 3.70. The van der Waals surface area contributed by atoms with Gasteiger partial charge in [-0.1, -0.05) is 30.3 Å². The van der Waals surface area contributed by atoms with Gasteiger partial charge >= 0.3 is 6.18 Å². The van der Waals surface area contributed by atoms with Gasteiger partial charge in [-0.2, -0.15) is 23.7 Å². The van der Waals surface area contributed by atoms with E-state index in [4.69, 9.17) is 10.5 Å². The molecule has 0 radical (unpaired) electrons. The Morgan fingerprint density at radius 1 is 1.11 bits per heavy atom. The van der Waals surface area contributed by atoms with Crippen LogP contribution in [0.1, 0.15) is 12.5 Å². The number of hydrogen-bond donors (Lipinski definition) is 0. The Balaban J connectivity index is 3.37. The minimum absolute atomic E-state index is 0.330. The third kappa shape index (κ3) is 3.72. The topological polar surface area (TPSA) is 47.6 Å². The van der Waals surface area contributed by atoms with Gasteiger partial charge in [0.15, 0.2) is 0 Å². The number of nitrogens with zero attached hydrogens (tertiary/aromatic N) is 2. The SMILES string of the molecule is C/C(=C\C(=C(C#N)C#N)C(F)(F)F)c1ccccc1. The summed E-state index contributed by atoms with van der Waals surface area (Å²) in [5, 5.41) is 17.2. The first-order valence-electron chi connectivity index (χ1n) is 5.25. The molecular formula is C14H9F3N2. The van der Waals surface area contributed by atoms with Crippen molar-refractivity contribution in [2.24, 2.45) is 0 Å². The highest BCUT2D eigenvalue weighted by Gasteiger charge is 2.35. The highest BCUT2D eigenvalue weighted by Crippen LogP contribution is 2.31. The van der Waals surface area contributed by atoms with Crippen molar-refractivity contribution < 1.29 is 13.2 Å². The summed E-state index contributed by atoms with van der Waals surface area (Å²) in [6, 6.07) is 11.0. The molecule has 0 fully saturated rings. The standard InChI is InChI=1S/C14H9F3N2/c1-10(11-5-3-2-4-6-11)7-13(14(15,16)17)12(8-18)9-19/h2-7H,1H3/b10-7+. The van der Waals surface area contributed by atoms with Crippen molar-refractivity contribution in [1.82, 2.24) is 0 Å². The predicted octanol–water partition coefficient (Wildman–Crippen LogP) is 4.00. The molecule has 0 spiro atoms. The van der Waals surface area contributed by atoms with Crippen molar-refractivity contribution in [3.8, 4) is 12.1 Å². The Hall–Kier alpha value is -2.53. The molecule has 0 aliphatic heterocycles. The van der Waals surface area contributed by atoms with Crippen LogP contribution in [0.3, 0.4) is 0 Å². The summed E-state index contributed by atoms with van der Waals surface area (Å²) < 4.78 is 38.4. The third-order valence-corrected chi connectivity index (χ3v) is 2.39. The van der Waals surface area contributed by atoms with Crippen molar-refractivity contribution >= 4 is 5.57 Å². The fraction of sp³-hybridized carbons (Fsp3) is 0.143. The summed E-state index contributed by atoms with van der Waals surface area (Å²) >= 11 is 0. The Labute approximate surface area is 108 Å². The van der Waals surface area contributed by atoms with E-state index in [-0.39, 0.29) is 0 Å². The molecular weight excluding hydrogens is 253 g/mol. The number of hydrogen-bond acceptors (Lipinski definition) is 2. The largest absolute Gasteiger partial charge is 0.418 e. The van der Waals surface area contributed by atoms with Gasteiger partial charge in [0.05, 0.1) is 5.57 Å². The van der Waals surface area contributed by atoms with Crippen LogP contribution in [0.2, 0.25) is 0 Å². The van der Waals surface area contributed by atoms with Crippen LogP contribution in [0.5, 0.6) is 0 Å². The number of allylic oxidation sites excluding steroid dienone is 4. The lowest BCUT2D eigenvalue weighted by atomic mass is 10.0. The Morgan fingerprint density at radius 3 is 2.05 bits per heavy atom. The molecule has 0 aromatic heterocycles. The summed E-state index contributed by atoms with van der Waals surface area (Å²) in [4.78, 5) is 0. The van der Waals surface area contributed by atoms with Crippen LogP contribution in [0, 0.1) is 22.7 Å². The molecule has 0 heterocycles. The Morgan fingerprint density at radius 2 is 1.63 bits per heavy atom. The van der Waals surface area contributed by atoms with Gasteiger partial charge in [0.1, 0.15) is 17.7 Å². The van der Waals surface area contributed by atoms with Crippen LogP contribution in [-0.4, -0.2) is 6.18 Å². The van der Waals surface area contributed by atoms with E-state index >= 15 is 0 Å². The number of benzene rings is 1. The maximum absolute atomic E-state index is 12.8. The van der Waals surface area contributed by atoms with Crippen LogP contribution in [0.15, 0.2) is 47.6 Å². The van der Waals surface area contributed by atoms with Crippen molar-refractivity contribution in [2.75, 3.05) is 0 Å². The molecule has 1 aromatic carbocycles. The van der Waals surface area contributed by atoms with Crippen molar-refractivity contribution in [3.05, 3.63) is 53.1 Å². The summed E-state index contributed by atoms with van der Waals surface area (Å²) in [6.07, 6.45) is -3.92. The maximum atomic E-state index is 12.8.